The number of aromatic nitrogens is 2. The van der Waals surface area contributed by atoms with E-state index in [1.165, 1.54) is 0 Å². The van der Waals surface area contributed by atoms with Crippen LogP contribution in [0, 0.1) is 11.7 Å². The molecule has 4 nitrogen and oxygen atoms in total. The zero-order valence-corrected chi connectivity index (χ0v) is 16.3. The van der Waals surface area contributed by atoms with Gasteiger partial charge >= 0.3 is 6.18 Å². The van der Waals surface area contributed by atoms with E-state index in [2.05, 4.69) is 4.99 Å². The Morgan fingerprint density at radius 1 is 1.18 bits per heavy atom. The molecule has 0 unspecified atom stereocenters. The Labute approximate surface area is 160 Å². The minimum absolute atomic E-state index is 0.224. The predicted molar refractivity (Wildman–Crippen MR) is 96.1 cm³/mol. The third-order valence-corrected chi connectivity index (χ3v) is 4.88. The van der Waals surface area contributed by atoms with Gasteiger partial charge in [0.15, 0.2) is 5.49 Å². The van der Waals surface area contributed by atoms with Gasteiger partial charge in [0, 0.05) is 30.8 Å². The number of benzene rings is 1. The topological polar surface area (TPSA) is 39.3 Å². The van der Waals surface area contributed by atoms with Crippen LogP contribution in [-0.2, 0) is 25.2 Å². The lowest BCUT2D eigenvalue weighted by Gasteiger charge is -2.20. The number of alkyl halides is 3. The number of hydrogen-bond donors (Lipinski definition) is 0. The van der Waals surface area contributed by atoms with Gasteiger partial charge in [0.2, 0.25) is 0 Å². The molecular weight excluding hydrogens is 374 g/mol. The lowest BCUT2D eigenvalue weighted by molar-refractivity contribution is -0.137. The molecule has 0 aliphatic heterocycles. The second-order valence-corrected chi connectivity index (χ2v) is 8.30. The molecule has 3 rings (SSSR count). The summed E-state index contributed by atoms with van der Waals surface area (Å²) in [5, 5.41) is 0. The molecule has 0 bridgehead atoms. The van der Waals surface area contributed by atoms with Crippen molar-refractivity contribution in [3.8, 4) is 0 Å². The van der Waals surface area contributed by atoms with Crippen LogP contribution >= 0.6 is 0 Å². The van der Waals surface area contributed by atoms with Crippen LogP contribution in [0.2, 0.25) is 0 Å². The van der Waals surface area contributed by atoms with Gasteiger partial charge in [0.1, 0.15) is 5.82 Å². The van der Waals surface area contributed by atoms with Crippen molar-refractivity contribution >= 4 is 5.91 Å². The number of carbonyl (C=O) groups excluding carboxylic acids is 1. The predicted octanol–water partition coefficient (Wildman–Crippen LogP) is 4.43. The molecule has 0 saturated heterocycles. The van der Waals surface area contributed by atoms with Crippen LogP contribution in [0.1, 0.15) is 55.2 Å². The van der Waals surface area contributed by atoms with E-state index in [1.807, 2.05) is 37.2 Å². The van der Waals surface area contributed by atoms with Crippen molar-refractivity contribution in [1.82, 2.24) is 9.36 Å². The van der Waals surface area contributed by atoms with Gasteiger partial charge in [0.25, 0.3) is 5.91 Å². The summed E-state index contributed by atoms with van der Waals surface area (Å²) in [7, 11) is 1.86. The molecule has 0 spiro atoms. The second-order valence-electron chi connectivity index (χ2n) is 8.30. The molecule has 1 amide bonds. The fraction of sp³-hybridized carbons (Fsp3) is 0.500. The van der Waals surface area contributed by atoms with Gasteiger partial charge in [-0.1, -0.05) is 20.8 Å². The van der Waals surface area contributed by atoms with Gasteiger partial charge in [-0.3, -0.25) is 14.2 Å². The molecule has 1 aliphatic rings. The van der Waals surface area contributed by atoms with E-state index in [1.54, 1.807) is 6.07 Å². The summed E-state index contributed by atoms with van der Waals surface area (Å²) in [5.41, 5.74) is -0.751. The van der Waals surface area contributed by atoms with Gasteiger partial charge in [-0.15, -0.1) is 0 Å². The van der Waals surface area contributed by atoms with Crippen LogP contribution in [0.15, 0.2) is 29.3 Å². The van der Waals surface area contributed by atoms with Gasteiger partial charge in [0.05, 0.1) is 11.1 Å². The Bertz CT molecular complexity index is 973. The van der Waals surface area contributed by atoms with E-state index in [0.717, 1.165) is 18.5 Å². The van der Waals surface area contributed by atoms with Gasteiger partial charge in [-0.2, -0.15) is 18.2 Å². The number of amides is 1. The summed E-state index contributed by atoms with van der Waals surface area (Å²) in [6.07, 6.45) is -2.50. The molecule has 28 heavy (non-hydrogen) atoms. The first-order chi connectivity index (χ1) is 12.9. The Morgan fingerprint density at radius 3 is 2.36 bits per heavy atom. The third-order valence-electron chi connectivity index (χ3n) is 4.88. The largest absolute Gasteiger partial charge is 0.416 e. The minimum atomic E-state index is -4.67. The van der Waals surface area contributed by atoms with Crippen molar-refractivity contribution in [3.63, 3.8) is 0 Å². The zero-order valence-electron chi connectivity index (χ0n) is 16.3. The van der Waals surface area contributed by atoms with E-state index < -0.39 is 29.0 Å². The highest BCUT2D eigenvalue weighted by Crippen LogP contribution is 2.31. The van der Waals surface area contributed by atoms with Crippen molar-refractivity contribution in [3.05, 3.63) is 52.4 Å². The van der Waals surface area contributed by atoms with Crippen LogP contribution in [0.4, 0.5) is 17.6 Å². The lowest BCUT2D eigenvalue weighted by atomic mass is 9.92. The van der Waals surface area contributed by atoms with Crippen molar-refractivity contribution in [2.45, 2.75) is 51.7 Å². The van der Waals surface area contributed by atoms with E-state index >= 15 is 0 Å². The van der Waals surface area contributed by atoms with Crippen LogP contribution < -0.4 is 5.49 Å². The molecule has 2 aromatic rings. The fourth-order valence-electron chi connectivity index (χ4n) is 3.16. The Kier molecular flexibility index (Phi) is 5.02. The first-order valence-electron chi connectivity index (χ1n) is 9.11. The summed E-state index contributed by atoms with van der Waals surface area (Å²) < 4.78 is 56.5. The maximum absolute atomic E-state index is 14.0. The first kappa shape index (κ1) is 20.4. The summed E-state index contributed by atoms with van der Waals surface area (Å²) in [6, 6.07) is 3.51. The molecule has 0 radical (unpaired) electrons. The highest BCUT2D eigenvalue weighted by molar-refractivity contribution is 5.95. The monoisotopic (exact) mass is 397 g/mol. The van der Waals surface area contributed by atoms with Crippen molar-refractivity contribution in [2.24, 2.45) is 18.0 Å². The quantitative estimate of drug-likeness (QED) is 0.706. The molecule has 0 N–H and O–H groups in total. The first-order valence-corrected chi connectivity index (χ1v) is 9.11. The Balaban J connectivity index is 2.09. The average molecular weight is 397 g/mol. The van der Waals surface area contributed by atoms with E-state index in [-0.39, 0.29) is 5.41 Å². The maximum atomic E-state index is 14.0. The van der Waals surface area contributed by atoms with E-state index in [0.29, 0.717) is 36.1 Å². The Hall–Kier alpha value is -2.38. The SMILES string of the molecule is Cn1c(C(C)(C)C)c/c(=N\C(=O)c2cc(C(F)(F)F)ccc2F)n1CC1CC1. The summed E-state index contributed by atoms with van der Waals surface area (Å²) in [5.74, 6) is -1.57. The molecule has 1 aromatic heterocycles. The van der Waals surface area contributed by atoms with Crippen LogP contribution in [0.3, 0.4) is 0 Å². The van der Waals surface area contributed by atoms with Crippen molar-refractivity contribution < 1.29 is 22.4 Å². The standard InChI is InChI=1S/C20H23F4N3O/c1-19(2,3)16-10-17(27(26(16)4)11-12-5-6-12)25-18(28)14-9-13(20(22,23)24)7-8-15(14)21/h7-10,12H,5-6,11H2,1-4H3/b25-17+. The third kappa shape index (κ3) is 4.20. The van der Waals surface area contributed by atoms with E-state index in [9.17, 15) is 22.4 Å². The molecule has 1 aromatic carbocycles. The molecule has 1 saturated carbocycles. The van der Waals surface area contributed by atoms with Gasteiger partial charge in [-0.25, -0.2) is 4.39 Å². The number of nitrogens with zero attached hydrogens (tertiary/aromatic N) is 3. The number of rotatable bonds is 3. The maximum Gasteiger partial charge on any atom is 0.416 e. The van der Waals surface area contributed by atoms with Gasteiger partial charge in [-0.05, 0) is 37.0 Å². The summed E-state index contributed by atoms with van der Waals surface area (Å²) in [4.78, 5) is 16.5. The lowest BCUT2D eigenvalue weighted by Crippen LogP contribution is -2.26. The molecule has 0 atom stereocenters. The van der Waals surface area contributed by atoms with Crippen LogP contribution in [-0.4, -0.2) is 15.3 Å². The van der Waals surface area contributed by atoms with Crippen LogP contribution in [0.25, 0.3) is 0 Å². The van der Waals surface area contributed by atoms with Crippen molar-refractivity contribution in [1.29, 1.82) is 0 Å². The second kappa shape index (κ2) is 6.90. The molecule has 152 valence electrons. The number of hydrogen-bond acceptors (Lipinski definition) is 1. The number of halogens is 4. The highest BCUT2D eigenvalue weighted by Gasteiger charge is 2.32. The smallest absolute Gasteiger partial charge is 0.291 e. The van der Waals surface area contributed by atoms with Gasteiger partial charge < -0.3 is 0 Å². The molecular formula is C20H23F4N3O. The van der Waals surface area contributed by atoms with Crippen molar-refractivity contribution in [2.75, 3.05) is 0 Å². The summed E-state index contributed by atoms with van der Waals surface area (Å²) in [6.45, 7) is 6.70. The molecule has 1 fully saturated rings. The number of carbonyl (C=O) groups is 1. The molecule has 1 heterocycles. The normalized spacial score (nSPS) is 15.9. The zero-order chi connectivity index (χ0) is 20.9. The average Bonchev–Trinajstić information content (AvgIpc) is 3.32. The molecule has 1 aliphatic carbocycles. The molecule has 8 heteroatoms. The minimum Gasteiger partial charge on any atom is -0.291 e. The summed E-state index contributed by atoms with van der Waals surface area (Å²) >= 11 is 0. The fourth-order valence-corrected chi connectivity index (χ4v) is 3.16. The van der Waals surface area contributed by atoms with E-state index in [4.69, 9.17) is 0 Å². The highest BCUT2D eigenvalue weighted by atomic mass is 19.4. The Morgan fingerprint density at radius 2 is 1.82 bits per heavy atom. The van der Waals surface area contributed by atoms with Crippen LogP contribution in [0.5, 0.6) is 0 Å².